The summed E-state index contributed by atoms with van der Waals surface area (Å²) in [5.74, 6) is 1.05. The standard InChI is InChI=1S/C20H25N5O/c1-14(23-15-8-4-2-5-9-15)24-20-17(13-21)18(22)12-19(26)25(20)16-10-6-3-7-11-16/h3,6-7,10-13,15,21,23-24H,1-2,4-5,8-9,22H2. The number of hydrogen-bond acceptors (Lipinski definition) is 5. The molecule has 1 saturated carbocycles. The first kappa shape index (κ1) is 17.8. The van der Waals surface area contributed by atoms with Crippen molar-refractivity contribution in [1.29, 1.82) is 5.41 Å². The lowest BCUT2D eigenvalue weighted by Crippen LogP contribution is -2.34. The van der Waals surface area contributed by atoms with Crippen LogP contribution in [0.4, 0.5) is 11.5 Å². The summed E-state index contributed by atoms with van der Waals surface area (Å²) in [6.07, 6.45) is 7.08. The van der Waals surface area contributed by atoms with E-state index in [0.717, 1.165) is 19.1 Å². The summed E-state index contributed by atoms with van der Waals surface area (Å²) in [6, 6.07) is 11.0. The second kappa shape index (κ2) is 7.91. The molecule has 0 spiro atoms. The fraction of sp³-hybridized carbons (Fsp3) is 0.300. The molecule has 1 aromatic carbocycles. The number of nitrogens with zero attached hydrogens (tertiary/aromatic N) is 1. The van der Waals surface area contributed by atoms with Crippen LogP contribution in [0.25, 0.3) is 5.69 Å². The molecule has 0 atom stereocenters. The number of nitrogens with one attached hydrogen (secondary N) is 3. The molecule has 0 bridgehead atoms. The van der Waals surface area contributed by atoms with Crippen molar-refractivity contribution < 1.29 is 0 Å². The number of anilines is 2. The van der Waals surface area contributed by atoms with Crippen LogP contribution in [0, 0.1) is 5.41 Å². The molecule has 26 heavy (non-hydrogen) atoms. The highest BCUT2D eigenvalue weighted by atomic mass is 16.1. The van der Waals surface area contributed by atoms with Crippen molar-refractivity contribution in [2.24, 2.45) is 0 Å². The number of benzene rings is 1. The summed E-state index contributed by atoms with van der Waals surface area (Å²) in [4.78, 5) is 12.6. The maximum absolute atomic E-state index is 12.6. The molecule has 0 saturated heterocycles. The van der Waals surface area contributed by atoms with Crippen molar-refractivity contribution in [2.45, 2.75) is 38.1 Å². The van der Waals surface area contributed by atoms with E-state index in [9.17, 15) is 4.79 Å². The fourth-order valence-corrected chi connectivity index (χ4v) is 3.42. The molecule has 1 aliphatic carbocycles. The molecule has 2 aromatic rings. The van der Waals surface area contributed by atoms with Crippen LogP contribution in [0.2, 0.25) is 0 Å². The molecule has 1 fully saturated rings. The van der Waals surface area contributed by atoms with Crippen molar-refractivity contribution in [3.05, 3.63) is 64.7 Å². The molecular formula is C20H25N5O. The molecule has 0 amide bonds. The summed E-state index contributed by atoms with van der Waals surface area (Å²) >= 11 is 0. The molecule has 1 heterocycles. The van der Waals surface area contributed by atoms with E-state index in [0.29, 0.717) is 28.9 Å². The lowest BCUT2D eigenvalue weighted by Gasteiger charge is -2.26. The van der Waals surface area contributed by atoms with E-state index in [4.69, 9.17) is 11.1 Å². The van der Waals surface area contributed by atoms with E-state index in [1.807, 2.05) is 30.3 Å². The van der Waals surface area contributed by atoms with Gasteiger partial charge in [-0.3, -0.25) is 9.36 Å². The van der Waals surface area contributed by atoms with E-state index in [-0.39, 0.29) is 11.2 Å². The van der Waals surface area contributed by atoms with Crippen LogP contribution in [0.15, 0.2) is 53.6 Å². The number of hydrogen-bond donors (Lipinski definition) is 4. The second-order valence-corrected chi connectivity index (χ2v) is 6.60. The SMILES string of the molecule is C=C(Nc1c(C=N)c(N)cc(=O)n1-c1ccccc1)NC1CCCCC1. The monoisotopic (exact) mass is 351 g/mol. The minimum atomic E-state index is -0.257. The smallest absolute Gasteiger partial charge is 0.258 e. The van der Waals surface area contributed by atoms with Gasteiger partial charge >= 0.3 is 0 Å². The minimum absolute atomic E-state index is 0.257. The third-order valence-electron chi connectivity index (χ3n) is 4.70. The first-order valence-electron chi connectivity index (χ1n) is 8.94. The van der Waals surface area contributed by atoms with Gasteiger partial charge in [-0.1, -0.05) is 44.0 Å². The lowest BCUT2D eigenvalue weighted by atomic mass is 9.96. The van der Waals surface area contributed by atoms with E-state index in [2.05, 4.69) is 17.2 Å². The fourth-order valence-electron chi connectivity index (χ4n) is 3.42. The number of pyridine rings is 1. The predicted octanol–water partition coefficient (Wildman–Crippen LogP) is 3.22. The second-order valence-electron chi connectivity index (χ2n) is 6.60. The molecule has 1 aromatic heterocycles. The van der Waals surface area contributed by atoms with Gasteiger partial charge in [-0.25, -0.2) is 0 Å². The predicted molar refractivity (Wildman–Crippen MR) is 107 cm³/mol. The molecular weight excluding hydrogens is 326 g/mol. The van der Waals surface area contributed by atoms with Crippen LogP contribution < -0.4 is 21.9 Å². The van der Waals surface area contributed by atoms with Gasteiger partial charge in [-0.05, 0) is 25.0 Å². The Morgan fingerprint density at radius 2 is 1.92 bits per heavy atom. The number of nitrogen functional groups attached to an aromatic ring is 1. The van der Waals surface area contributed by atoms with Gasteiger partial charge < -0.3 is 21.8 Å². The van der Waals surface area contributed by atoms with Crippen molar-refractivity contribution in [1.82, 2.24) is 9.88 Å². The van der Waals surface area contributed by atoms with Gasteiger partial charge in [-0.2, -0.15) is 0 Å². The van der Waals surface area contributed by atoms with Gasteiger partial charge in [0.15, 0.2) is 0 Å². The molecule has 6 nitrogen and oxygen atoms in total. The molecule has 5 N–H and O–H groups in total. The molecule has 3 rings (SSSR count). The number of aromatic nitrogens is 1. The van der Waals surface area contributed by atoms with E-state index < -0.39 is 0 Å². The summed E-state index contributed by atoms with van der Waals surface area (Å²) in [5, 5.41) is 14.3. The quantitative estimate of drug-likeness (QED) is 0.601. The molecule has 1 aliphatic rings. The first-order valence-corrected chi connectivity index (χ1v) is 8.94. The third-order valence-corrected chi connectivity index (χ3v) is 4.70. The summed E-state index contributed by atoms with van der Waals surface area (Å²) in [7, 11) is 0. The van der Waals surface area contributed by atoms with Crippen molar-refractivity contribution in [2.75, 3.05) is 11.1 Å². The highest BCUT2D eigenvalue weighted by molar-refractivity contribution is 5.92. The third kappa shape index (κ3) is 3.79. The molecule has 0 radical (unpaired) electrons. The van der Waals surface area contributed by atoms with Crippen molar-refractivity contribution >= 4 is 17.7 Å². The maximum atomic E-state index is 12.6. The van der Waals surface area contributed by atoms with Crippen LogP contribution in [-0.2, 0) is 0 Å². The Hall–Kier alpha value is -3.02. The Labute approximate surface area is 153 Å². The maximum Gasteiger partial charge on any atom is 0.258 e. The average Bonchev–Trinajstić information content (AvgIpc) is 2.63. The molecule has 0 unspecified atom stereocenters. The van der Waals surface area contributed by atoms with Crippen molar-refractivity contribution in [3.63, 3.8) is 0 Å². The van der Waals surface area contributed by atoms with E-state index in [1.165, 1.54) is 29.9 Å². The van der Waals surface area contributed by atoms with Gasteiger partial charge in [0.05, 0.1) is 17.1 Å². The Morgan fingerprint density at radius 1 is 1.23 bits per heavy atom. The van der Waals surface area contributed by atoms with Crippen LogP contribution in [0.5, 0.6) is 0 Å². The molecule has 6 heteroatoms. The average molecular weight is 351 g/mol. The lowest BCUT2D eigenvalue weighted by molar-refractivity contribution is 0.397. The Morgan fingerprint density at radius 3 is 2.58 bits per heavy atom. The Kier molecular flexibility index (Phi) is 5.41. The molecule has 0 aliphatic heterocycles. The number of para-hydroxylation sites is 1. The van der Waals surface area contributed by atoms with Crippen LogP contribution >= 0.6 is 0 Å². The van der Waals surface area contributed by atoms with Gasteiger partial charge in [-0.15, -0.1) is 0 Å². The summed E-state index contributed by atoms with van der Waals surface area (Å²) in [5.41, 5.74) is 7.16. The van der Waals surface area contributed by atoms with Crippen LogP contribution in [-0.4, -0.2) is 16.8 Å². The van der Waals surface area contributed by atoms with Crippen molar-refractivity contribution in [3.8, 4) is 5.69 Å². The van der Waals surface area contributed by atoms with E-state index in [1.54, 1.807) is 0 Å². The molecule has 136 valence electrons. The summed E-state index contributed by atoms with van der Waals surface area (Å²) in [6.45, 7) is 4.06. The van der Waals surface area contributed by atoms with Gasteiger partial charge in [0, 0.05) is 24.0 Å². The zero-order chi connectivity index (χ0) is 18.5. The van der Waals surface area contributed by atoms with Gasteiger partial charge in [0.25, 0.3) is 5.56 Å². The van der Waals surface area contributed by atoms with Crippen LogP contribution in [0.3, 0.4) is 0 Å². The largest absolute Gasteiger partial charge is 0.398 e. The Bertz CT molecular complexity index is 850. The normalized spacial score (nSPS) is 14.6. The van der Waals surface area contributed by atoms with Gasteiger partial charge in [0.1, 0.15) is 5.82 Å². The minimum Gasteiger partial charge on any atom is -0.398 e. The van der Waals surface area contributed by atoms with Crippen LogP contribution in [0.1, 0.15) is 37.7 Å². The summed E-state index contributed by atoms with van der Waals surface area (Å²) < 4.78 is 1.52. The van der Waals surface area contributed by atoms with Gasteiger partial charge in [0.2, 0.25) is 0 Å². The van der Waals surface area contributed by atoms with E-state index >= 15 is 0 Å². The number of nitrogens with two attached hydrogens (primary N) is 1. The first-order chi connectivity index (χ1) is 12.6. The zero-order valence-electron chi connectivity index (χ0n) is 14.8. The Balaban J connectivity index is 1.97. The topological polar surface area (TPSA) is 95.9 Å². The zero-order valence-corrected chi connectivity index (χ0v) is 14.8. The highest BCUT2D eigenvalue weighted by Gasteiger charge is 2.17. The number of rotatable bonds is 6. The highest BCUT2D eigenvalue weighted by Crippen LogP contribution is 2.23.